The average molecular weight is 496 g/mol. The van der Waals surface area contributed by atoms with Gasteiger partial charge in [-0.25, -0.2) is 4.39 Å². The molecule has 0 atom stereocenters. The van der Waals surface area contributed by atoms with Gasteiger partial charge in [-0.05, 0) is 55.1 Å². The van der Waals surface area contributed by atoms with Crippen molar-refractivity contribution in [1.29, 1.82) is 5.26 Å². The Morgan fingerprint density at radius 2 is 1.91 bits per heavy atom. The summed E-state index contributed by atoms with van der Waals surface area (Å²) < 4.78 is 55.7. The molecule has 2 aromatic carbocycles. The predicted molar refractivity (Wildman–Crippen MR) is 126 cm³/mol. The van der Waals surface area contributed by atoms with E-state index < -0.39 is 51.5 Å². The van der Waals surface area contributed by atoms with Crippen molar-refractivity contribution in [2.45, 2.75) is 31.0 Å². The lowest BCUT2D eigenvalue weighted by molar-refractivity contribution is -0.137. The molecular weight excluding hydrogens is 482 g/mol. The number of anilines is 2. The van der Waals surface area contributed by atoms with Crippen molar-refractivity contribution in [3.8, 4) is 6.07 Å². The summed E-state index contributed by atoms with van der Waals surface area (Å²) in [5, 5.41) is 11.1. The number of hydrogen-bond donors (Lipinski definition) is 1. The van der Waals surface area contributed by atoms with Gasteiger partial charge in [0.05, 0.1) is 28.4 Å². The van der Waals surface area contributed by atoms with Crippen LogP contribution in [0.4, 0.5) is 28.9 Å². The third-order valence-electron chi connectivity index (χ3n) is 6.28. The number of rotatable bonds is 3. The van der Waals surface area contributed by atoms with Crippen LogP contribution < -0.4 is 26.0 Å². The Morgan fingerprint density at radius 1 is 1.26 bits per heavy atom. The molecule has 4 rings (SSSR count). The Bertz CT molecular complexity index is 1340. The second-order valence-corrected chi connectivity index (χ2v) is 8.52. The molecule has 4 radical (unpaired) electrons. The summed E-state index contributed by atoms with van der Waals surface area (Å²) in [4.78, 5) is 27.7. The molecule has 0 aromatic heterocycles. The highest BCUT2D eigenvalue weighted by Crippen LogP contribution is 2.47. The van der Waals surface area contributed by atoms with Crippen LogP contribution in [-0.2, 0) is 11.0 Å². The summed E-state index contributed by atoms with van der Waals surface area (Å²) in [7, 11) is 13.4. The number of benzene rings is 2. The van der Waals surface area contributed by atoms with Gasteiger partial charge in [-0.15, -0.1) is 0 Å². The molecule has 0 unspecified atom stereocenters. The van der Waals surface area contributed by atoms with Gasteiger partial charge in [0, 0.05) is 12.7 Å². The molecule has 2 aliphatic rings. The molecule has 13 heteroatoms. The number of hydrogen-bond acceptors (Lipinski definition) is 4. The minimum absolute atomic E-state index is 0.137. The predicted octanol–water partition coefficient (Wildman–Crippen LogP) is 1.72. The molecule has 1 aliphatic carbocycles. The van der Waals surface area contributed by atoms with Crippen LogP contribution in [0.2, 0.25) is 0 Å². The van der Waals surface area contributed by atoms with E-state index in [1.807, 2.05) is 0 Å². The lowest BCUT2D eigenvalue weighted by Gasteiger charge is -2.44. The number of nitriles is 1. The van der Waals surface area contributed by atoms with E-state index in [0.717, 1.165) is 17.0 Å². The Kier molecular flexibility index (Phi) is 5.92. The van der Waals surface area contributed by atoms with Crippen LogP contribution in [0.3, 0.4) is 0 Å². The number of carbonyl (C=O) groups excluding carboxylic acids is 2. The van der Waals surface area contributed by atoms with E-state index in [9.17, 15) is 22.8 Å². The zero-order valence-electron chi connectivity index (χ0n) is 18.2. The highest BCUT2D eigenvalue weighted by atomic mass is 32.1. The van der Waals surface area contributed by atoms with Crippen LogP contribution in [0.25, 0.3) is 0 Å². The molecule has 2 fully saturated rings. The summed E-state index contributed by atoms with van der Waals surface area (Å²) in [6.07, 6.45) is -3.73. The second-order valence-electron chi connectivity index (χ2n) is 8.15. The quantitative estimate of drug-likeness (QED) is 0.398. The smallest absolute Gasteiger partial charge is 0.355 e. The zero-order chi connectivity index (χ0) is 25.9. The fraction of sp³-hybridized carbons (Fsp3) is 0.273. The number of thiocarbonyl (C=S) groups is 1. The topological polar surface area (TPSA) is 76.4 Å². The van der Waals surface area contributed by atoms with E-state index in [1.54, 1.807) is 0 Å². The van der Waals surface area contributed by atoms with Gasteiger partial charge in [-0.1, -0.05) is 11.5 Å². The van der Waals surface area contributed by atoms with Gasteiger partial charge in [-0.3, -0.25) is 14.5 Å². The Labute approximate surface area is 205 Å². The summed E-state index contributed by atoms with van der Waals surface area (Å²) >= 11 is 5.49. The van der Waals surface area contributed by atoms with Gasteiger partial charge in [-0.2, -0.15) is 18.4 Å². The maximum Gasteiger partial charge on any atom is 0.417 e. The first kappa shape index (κ1) is 24.7. The van der Waals surface area contributed by atoms with Crippen molar-refractivity contribution in [2.75, 3.05) is 16.8 Å². The third kappa shape index (κ3) is 3.58. The molecule has 1 spiro atoms. The van der Waals surface area contributed by atoms with Gasteiger partial charge in [0.15, 0.2) is 5.11 Å². The van der Waals surface area contributed by atoms with Gasteiger partial charge < -0.3 is 10.2 Å². The minimum atomic E-state index is -4.85. The van der Waals surface area contributed by atoms with Crippen molar-refractivity contribution in [3.05, 3.63) is 46.8 Å². The lowest BCUT2D eigenvalue weighted by Crippen LogP contribution is -2.57. The van der Waals surface area contributed by atoms with Crippen LogP contribution in [0.5, 0.6) is 0 Å². The zero-order valence-corrected chi connectivity index (χ0v) is 19.0. The Hall–Kier alpha value is -3.39. The van der Waals surface area contributed by atoms with Crippen LogP contribution >= 0.6 is 12.2 Å². The number of alkyl halides is 3. The van der Waals surface area contributed by atoms with Crippen LogP contribution in [0.1, 0.15) is 40.7 Å². The molecule has 1 saturated heterocycles. The Balaban J connectivity index is 1.89. The van der Waals surface area contributed by atoms with E-state index in [1.165, 1.54) is 24.1 Å². The Morgan fingerprint density at radius 3 is 2.43 bits per heavy atom. The molecule has 1 heterocycles. The lowest BCUT2D eigenvalue weighted by atomic mass is 9.73. The minimum Gasteiger partial charge on any atom is -0.355 e. The number of nitrogens with zero attached hydrogens (tertiary/aromatic N) is 3. The van der Waals surface area contributed by atoms with E-state index in [2.05, 4.69) is 5.32 Å². The SMILES string of the molecule is [B]c1cc(C(=O)NC)c(F)c([B])c1N1C(=S)N(c2ccc(C#N)c(C(F)(F)F)c2)C(=O)C12CCC2. The van der Waals surface area contributed by atoms with E-state index in [4.69, 9.17) is 33.2 Å². The maximum atomic E-state index is 15.1. The van der Waals surface area contributed by atoms with Gasteiger partial charge >= 0.3 is 6.18 Å². The molecule has 2 aromatic rings. The van der Waals surface area contributed by atoms with E-state index >= 15 is 4.39 Å². The first-order chi connectivity index (χ1) is 16.4. The second kappa shape index (κ2) is 8.37. The van der Waals surface area contributed by atoms with Gasteiger partial charge in [0.1, 0.15) is 27.0 Å². The molecule has 35 heavy (non-hydrogen) atoms. The first-order valence-electron chi connectivity index (χ1n) is 10.3. The molecule has 0 bridgehead atoms. The van der Waals surface area contributed by atoms with Crippen LogP contribution in [0.15, 0.2) is 24.3 Å². The van der Waals surface area contributed by atoms with Gasteiger partial charge in [0.25, 0.3) is 11.8 Å². The molecule has 2 amide bonds. The molecule has 1 saturated carbocycles. The average Bonchev–Trinajstić information content (AvgIpc) is 3.01. The van der Waals surface area contributed by atoms with Gasteiger partial charge in [0.2, 0.25) is 0 Å². The fourth-order valence-electron chi connectivity index (χ4n) is 4.40. The molecular formula is C22H14B2F4N4O2S. The van der Waals surface area contributed by atoms with Crippen LogP contribution in [-0.4, -0.2) is 45.2 Å². The van der Waals surface area contributed by atoms with Crippen molar-refractivity contribution in [2.24, 2.45) is 0 Å². The normalized spacial score (nSPS) is 16.9. The first-order valence-corrected chi connectivity index (χ1v) is 10.7. The van der Waals surface area contributed by atoms with E-state index in [0.29, 0.717) is 12.5 Å². The summed E-state index contributed by atoms with van der Waals surface area (Å²) in [5.41, 5.74) is -4.59. The van der Waals surface area contributed by atoms with Crippen LogP contribution in [0, 0.1) is 17.1 Å². The largest absolute Gasteiger partial charge is 0.417 e. The highest BCUT2D eigenvalue weighted by molar-refractivity contribution is 7.81. The standard InChI is InChI=1S/C22H14B2F4N4O2S/c1-30-18(33)12-8-14(23)17(15(24)16(12)25)32-20(35)31(19(34)21(32)5-2-6-21)11-4-3-10(9-29)13(7-11)22(26,27)28/h3-4,7-8H,2,5-6H2,1H3,(H,30,33). The summed E-state index contributed by atoms with van der Waals surface area (Å²) in [5.74, 6) is -2.47. The van der Waals surface area contributed by atoms with Crippen molar-refractivity contribution >= 4 is 67.1 Å². The maximum absolute atomic E-state index is 15.1. The molecule has 1 N–H and O–H groups in total. The molecule has 6 nitrogen and oxygen atoms in total. The summed E-state index contributed by atoms with van der Waals surface area (Å²) in [6.45, 7) is 0. The monoisotopic (exact) mass is 496 g/mol. The van der Waals surface area contributed by atoms with Crippen molar-refractivity contribution in [1.82, 2.24) is 5.32 Å². The third-order valence-corrected chi connectivity index (χ3v) is 6.64. The number of amides is 2. The molecule has 1 aliphatic heterocycles. The number of halogens is 4. The van der Waals surface area contributed by atoms with Crippen molar-refractivity contribution < 1.29 is 27.2 Å². The fourth-order valence-corrected chi connectivity index (χ4v) is 4.86. The number of carbonyl (C=O) groups is 2. The molecule has 174 valence electrons. The number of nitrogens with one attached hydrogen (secondary N) is 1. The highest BCUT2D eigenvalue weighted by Gasteiger charge is 2.60. The summed E-state index contributed by atoms with van der Waals surface area (Å²) in [6, 6.07) is 5.34. The van der Waals surface area contributed by atoms with Crippen molar-refractivity contribution in [3.63, 3.8) is 0 Å². The van der Waals surface area contributed by atoms with E-state index in [-0.39, 0.29) is 34.8 Å².